The summed E-state index contributed by atoms with van der Waals surface area (Å²) in [6.07, 6.45) is 4.65. The number of benzene rings is 4. The van der Waals surface area contributed by atoms with E-state index in [0.29, 0.717) is 34.8 Å². The monoisotopic (exact) mass is 612 g/mol. The molecule has 9 rings (SSSR count). The number of Topliss-reactive ketones (excluding diaryl/α,β-unsaturated/α-hetero) is 2. The molecular weight excluding hydrogens is 582 g/mol. The minimum Gasteiger partial charge on any atom is -0.493 e. The van der Waals surface area contributed by atoms with Crippen LogP contribution >= 0.6 is 0 Å². The van der Waals surface area contributed by atoms with Gasteiger partial charge >= 0.3 is 0 Å². The van der Waals surface area contributed by atoms with Crippen LogP contribution in [0.5, 0.6) is 23.0 Å². The van der Waals surface area contributed by atoms with Gasteiger partial charge in [-0.05, 0) is 77.0 Å². The molecule has 2 aromatic heterocycles. The summed E-state index contributed by atoms with van der Waals surface area (Å²) in [5, 5.41) is 3.97. The van der Waals surface area contributed by atoms with Crippen LogP contribution < -0.4 is 23.5 Å². The first-order chi connectivity index (χ1) is 22.4. The molecule has 0 radical (unpaired) electrons. The van der Waals surface area contributed by atoms with E-state index < -0.39 is 11.6 Å². The van der Waals surface area contributed by atoms with Crippen molar-refractivity contribution in [2.75, 3.05) is 21.0 Å². The fraction of sp³-hybridized carbons (Fsp3) is 0.184. The van der Waals surface area contributed by atoms with Crippen molar-refractivity contribution >= 4 is 33.1 Å². The van der Waals surface area contributed by atoms with Crippen LogP contribution in [0.4, 0.5) is 0 Å². The number of carbonyl (C=O) groups excluding carboxylic acids is 2. The zero-order chi connectivity index (χ0) is 31.7. The Bertz CT molecular complexity index is 2280. The molecule has 0 saturated carbocycles. The maximum absolute atomic E-state index is 12.6. The summed E-state index contributed by atoms with van der Waals surface area (Å²) in [5.41, 5.74) is 7.04. The molecule has 0 saturated heterocycles. The Balaban J connectivity index is 0.000000138. The molecule has 46 heavy (non-hydrogen) atoms. The van der Waals surface area contributed by atoms with E-state index in [1.165, 1.54) is 23.1 Å². The Hall–Kier alpha value is -5.63. The Morgan fingerprint density at radius 2 is 1.57 bits per heavy atom. The number of aryl methyl sites for hydroxylation is 4. The molecule has 1 aliphatic carbocycles. The Morgan fingerprint density at radius 3 is 2.37 bits per heavy atom. The first-order valence-corrected chi connectivity index (χ1v) is 15.1. The fourth-order valence-electron chi connectivity index (χ4n) is 6.87. The molecule has 0 atom stereocenters. The summed E-state index contributed by atoms with van der Waals surface area (Å²) in [6.45, 7) is 4.99. The SMILES string of the molecule is COc1ccc2cc3[n+](cc2c1OC)CCc1cc2c(cc1-3)OCO2.Cc1coc2c1C(=O)C(=O)c1c-2ccc2c(C)cccc12. The maximum Gasteiger partial charge on any atom is 0.237 e. The van der Waals surface area contributed by atoms with Gasteiger partial charge in [-0.25, -0.2) is 0 Å². The molecule has 3 aliphatic rings. The van der Waals surface area contributed by atoms with Crippen LogP contribution in [0.3, 0.4) is 0 Å². The first-order valence-electron chi connectivity index (χ1n) is 15.1. The van der Waals surface area contributed by atoms with Crippen molar-refractivity contribution in [1.82, 2.24) is 0 Å². The number of carbonyl (C=O) groups is 2. The smallest absolute Gasteiger partial charge is 0.237 e. The summed E-state index contributed by atoms with van der Waals surface area (Å²) in [7, 11) is 3.34. The number of pyridine rings is 1. The lowest BCUT2D eigenvalue weighted by molar-refractivity contribution is -0.686. The second-order valence-corrected chi connectivity index (χ2v) is 11.7. The van der Waals surface area contributed by atoms with E-state index in [1.807, 2.05) is 43.3 Å². The number of ketones is 2. The number of fused-ring (bicyclic) bond motifs is 10. The fourth-order valence-corrected chi connectivity index (χ4v) is 6.87. The molecule has 0 fully saturated rings. The highest BCUT2D eigenvalue weighted by atomic mass is 16.7. The van der Waals surface area contributed by atoms with Crippen LogP contribution in [0.25, 0.3) is 44.1 Å². The lowest BCUT2D eigenvalue weighted by atomic mass is 9.84. The summed E-state index contributed by atoms with van der Waals surface area (Å²) < 4.78 is 29.9. The van der Waals surface area contributed by atoms with Gasteiger partial charge in [0.15, 0.2) is 35.7 Å². The average molecular weight is 613 g/mol. The van der Waals surface area contributed by atoms with E-state index >= 15 is 0 Å². The predicted molar refractivity (Wildman–Crippen MR) is 172 cm³/mol. The van der Waals surface area contributed by atoms with Gasteiger partial charge in [-0.3, -0.25) is 9.59 Å². The number of hydrogen-bond acceptors (Lipinski definition) is 7. The Labute approximate surface area is 264 Å². The van der Waals surface area contributed by atoms with E-state index in [1.54, 1.807) is 21.1 Å². The highest BCUT2D eigenvalue weighted by molar-refractivity contribution is 6.54. The number of furan rings is 1. The Morgan fingerprint density at radius 1 is 0.761 bits per heavy atom. The van der Waals surface area contributed by atoms with Crippen LogP contribution in [-0.4, -0.2) is 32.6 Å². The van der Waals surface area contributed by atoms with Gasteiger partial charge in [0.1, 0.15) is 5.76 Å². The molecule has 4 aromatic carbocycles. The second kappa shape index (κ2) is 10.5. The summed E-state index contributed by atoms with van der Waals surface area (Å²) in [5.74, 6) is 2.77. The molecule has 0 spiro atoms. The number of aromatic nitrogens is 1. The highest BCUT2D eigenvalue weighted by Gasteiger charge is 2.36. The highest BCUT2D eigenvalue weighted by Crippen LogP contribution is 2.42. The topological polar surface area (TPSA) is 88.1 Å². The summed E-state index contributed by atoms with van der Waals surface area (Å²) >= 11 is 0. The molecule has 228 valence electrons. The Kier molecular flexibility index (Phi) is 6.35. The molecule has 0 amide bonds. The van der Waals surface area contributed by atoms with E-state index in [0.717, 1.165) is 63.1 Å². The van der Waals surface area contributed by atoms with Crippen molar-refractivity contribution in [2.24, 2.45) is 0 Å². The molecule has 8 nitrogen and oxygen atoms in total. The van der Waals surface area contributed by atoms with E-state index in [9.17, 15) is 9.59 Å². The molecular formula is C38H30NO7+. The van der Waals surface area contributed by atoms with Crippen molar-refractivity contribution in [3.63, 3.8) is 0 Å². The van der Waals surface area contributed by atoms with Crippen LogP contribution in [0.2, 0.25) is 0 Å². The average Bonchev–Trinajstić information content (AvgIpc) is 3.71. The van der Waals surface area contributed by atoms with E-state index in [4.69, 9.17) is 23.4 Å². The van der Waals surface area contributed by atoms with Crippen molar-refractivity contribution in [3.8, 4) is 45.6 Å². The normalized spacial score (nSPS) is 13.8. The lowest BCUT2D eigenvalue weighted by Crippen LogP contribution is -2.40. The second-order valence-electron chi connectivity index (χ2n) is 11.7. The van der Waals surface area contributed by atoms with Crippen LogP contribution in [-0.2, 0) is 13.0 Å². The minimum atomic E-state index is -0.474. The number of methoxy groups -OCH3 is 2. The first kappa shape index (κ1) is 27.9. The minimum absolute atomic E-state index is 0.299. The van der Waals surface area contributed by atoms with Gasteiger partial charge in [0.05, 0.1) is 37.0 Å². The number of ether oxygens (including phenoxy) is 4. The third-order valence-electron chi connectivity index (χ3n) is 9.16. The third kappa shape index (κ3) is 4.10. The summed E-state index contributed by atoms with van der Waals surface area (Å²) in [6, 6.07) is 20.1. The number of nitrogens with zero attached hydrogens (tertiary/aromatic N) is 1. The van der Waals surface area contributed by atoms with E-state index in [2.05, 4.69) is 35.0 Å². The van der Waals surface area contributed by atoms with Crippen molar-refractivity contribution < 1.29 is 37.5 Å². The number of hydrogen-bond donors (Lipinski definition) is 0. The van der Waals surface area contributed by atoms with Gasteiger partial charge in [0.2, 0.25) is 24.1 Å². The zero-order valence-electron chi connectivity index (χ0n) is 25.9. The van der Waals surface area contributed by atoms with Crippen LogP contribution in [0.1, 0.15) is 37.4 Å². The molecule has 4 heterocycles. The zero-order valence-corrected chi connectivity index (χ0v) is 25.9. The predicted octanol–water partition coefficient (Wildman–Crippen LogP) is 7.19. The maximum atomic E-state index is 12.6. The quantitative estimate of drug-likeness (QED) is 0.151. The van der Waals surface area contributed by atoms with Crippen molar-refractivity contribution in [2.45, 2.75) is 26.8 Å². The largest absolute Gasteiger partial charge is 0.493 e. The van der Waals surface area contributed by atoms with Gasteiger partial charge in [-0.15, -0.1) is 0 Å². The van der Waals surface area contributed by atoms with Crippen molar-refractivity contribution in [3.05, 3.63) is 101 Å². The van der Waals surface area contributed by atoms with Gasteiger partial charge in [0, 0.05) is 23.6 Å². The van der Waals surface area contributed by atoms with Crippen LogP contribution in [0, 0.1) is 13.8 Å². The lowest BCUT2D eigenvalue weighted by Gasteiger charge is -2.17. The molecule has 8 heteroatoms. The van der Waals surface area contributed by atoms with E-state index in [-0.39, 0.29) is 0 Å². The molecule has 0 bridgehead atoms. The molecule has 0 N–H and O–H groups in total. The van der Waals surface area contributed by atoms with Gasteiger partial charge in [-0.1, -0.05) is 24.3 Å². The molecule has 0 unspecified atom stereocenters. The molecule has 2 aliphatic heterocycles. The number of rotatable bonds is 2. The van der Waals surface area contributed by atoms with Gasteiger partial charge in [-0.2, -0.15) is 4.57 Å². The third-order valence-corrected chi connectivity index (χ3v) is 9.16. The standard InChI is InChI=1S/C20H18NO4.C18H12O3/c1-22-17-4-3-12-7-16-14-9-19-18(24-11-25-19)8-13(14)5-6-21(16)10-15(12)20(17)23-2;1-9-4-3-5-12-11(9)6-7-13-15(12)17(20)16(19)14-10(2)8-21-18(13)14/h3-4,7-10H,5-6,11H2,1-2H3;3-8H,1-2H3/q+1;. The van der Waals surface area contributed by atoms with Crippen LogP contribution in [0.15, 0.2) is 77.5 Å². The van der Waals surface area contributed by atoms with Crippen molar-refractivity contribution in [1.29, 1.82) is 0 Å². The summed E-state index contributed by atoms with van der Waals surface area (Å²) in [4.78, 5) is 24.9. The van der Waals surface area contributed by atoms with Gasteiger partial charge < -0.3 is 23.4 Å². The van der Waals surface area contributed by atoms with Gasteiger partial charge in [0.25, 0.3) is 0 Å². The molecule has 6 aromatic rings.